The van der Waals surface area contributed by atoms with E-state index in [1.54, 1.807) is 17.9 Å². The lowest BCUT2D eigenvalue weighted by atomic mass is 9.95. The van der Waals surface area contributed by atoms with Gasteiger partial charge < -0.3 is 10.6 Å². The maximum absolute atomic E-state index is 12.5. The van der Waals surface area contributed by atoms with Crippen LogP contribution in [-0.4, -0.2) is 55.2 Å². The van der Waals surface area contributed by atoms with E-state index in [0.29, 0.717) is 23.8 Å². The predicted octanol–water partition coefficient (Wildman–Crippen LogP) is 1.75. The van der Waals surface area contributed by atoms with Gasteiger partial charge in [0.15, 0.2) is 0 Å². The van der Waals surface area contributed by atoms with E-state index in [2.05, 4.69) is 0 Å². The number of hydrogen-bond donors (Lipinski definition) is 1. The van der Waals surface area contributed by atoms with Gasteiger partial charge in [-0.05, 0) is 25.5 Å². The molecular formula is C14H22ClN3O3S2. The zero-order valence-corrected chi connectivity index (χ0v) is 15.7. The van der Waals surface area contributed by atoms with Gasteiger partial charge in [-0.2, -0.15) is 4.31 Å². The number of thiophene rings is 1. The fourth-order valence-electron chi connectivity index (χ4n) is 2.68. The zero-order chi connectivity index (χ0) is 17.3. The van der Waals surface area contributed by atoms with Gasteiger partial charge >= 0.3 is 0 Å². The van der Waals surface area contributed by atoms with Crippen molar-refractivity contribution in [1.29, 1.82) is 0 Å². The summed E-state index contributed by atoms with van der Waals surface area (Å²) < 4.78 is 27.1. The van der Waals surface area contributed by atoms with Crippen LogP contribution in [0.1, 0.15) is 26.7 Å². The summed E-state index contributed by atoms with van der Waals surface area (Å²) >= 11 is 6.86. The summed E-state index contributed by atoms with van der Waals surface area (Å²) in [5.74, 6) is -0.115. The molecule has 1 fully saturated rings. The minimum Gasteiger partial charge on any atom is -0.338 e. The molecule has 130 valence electrons. The SMILES string of the molecule is CCCC(C)(N)C(=O)N1CCN(S(=O)(=O)c2ccc(Cl)s2)CC1. The number of carbonyl (C=O) groups is 1. The highest BCUT2D eigenvalue weighted by Crippen LogP contribution is 2.28. The van der Waals surface area contributed by atoms with Crippen molar-refractivity contribution < 1.29 is 13.2 Å². The van der Waals surface area contributed by atoms with Crippen LogP contribution >= 0.6 is 22.9 Å². The second kappa shape index (κ2) is 7.06. The molecule has 0 bridgehead atoms. The summed E-state index contributed by atoms with van der Waals surface area (Å²) in [5.41, 5.74) is 5.19. The number of hydrogen-bond acceptors (Lipinski definition) is 5. The quantitative estimate of drug-likeness (QED) is 0.844. The lowest BCUT2D eigenvalue weighted by Gasteiger charge is -2.37. The van der Waals surface area contributed by atoms with Crippen LogP contribution in [0, 0.1) is 0 Å². The van der Waals surface area contributed by atoms with Gasteiger partial charge in [-0.3, -0.25) is 4.79 Å². The van der Waals surface area contributed by atoms with Crippen molar-refractivity contribution in [2.24, 2.45) is 5.73 Å². The first-order valence-electron chi connectivity index (χ1n) is 7.52. The average Bonchev–Trinajstić information content (AvgIpc) is 2.94. The number of nitrogens with zero attached hydrogens (tertiary/aromatic N) is 2. The van der Waals surface area contributed by atoms with Crippen LogP contribution in [0.5, 0.6) is 0 Å². The van der Waals surface area contributed by atoms with Gasteiger partial charge in [0.1, 0.15) is 4.21 Å². The summed E-state index contributed by atoms with van der Waals surface area (Å²) in [6.07, 6.45) is 1.43. The number of nitrogens with two attached hydrogens (primary N) is 1. The van der Waals surface area contributed by atoms with Crippen LogP contribution in [0.3, 0.4) is 0 Å². The van der Waals surface area contributed by atoms with Crippen LogP contribution < -0.4 is 5.73 Å². The molecule has 0 aromatic carbocycles. The van der Waals surface area contributed by atoms with Crippen molar-refractivity contribution in [2.45, 2.75) is 36.4 Å². The van der Waals surface area contributed by atoms with Gasteiger partial charge in [0.05, 0.1) is 9.88 Å². The van der Waals surface area contributed by atoms with E-state index in [1.807, 2.05) is 6.92 Å². The average molecular weight is 380 g/mol. The van der Waals surface area contributed by atoms with Gasteiger partial charge in [0, 0.05) is 26.2 Å². The van der Waals surface area contributed by atoms with Gasteiger partial charge in [-0.15, -0.1) is 11.3 Å². The molecule has 9 heteroatoms. The van der Waals surface area contributed by atoms with E-state index in [4.69, 9.17) is 17.3 Å². The molecule has 1 atom stereocenters. The zero-order valence-electron chi connectivity index (χ0n) is 13.3. The van der Waals surface area contributed by atoms with Gasteiger partial charge in [0.25, 0.3) is 10.0 Å². The molecule has 0 saturated carbocycles. The standard InChI is InChI=1S/C14H22ClN3O3S2/c1-3-6-14(2,16)13(19)17-7-9-18(10-8-17)23(20,21)12-5-4-11(15)22-12/h4-5H,3,6-10,16H2,1-2H3. The maximum atomic E-state index is 12.5. The number of halogens is 1. The second-order valence-corrected chi connectivity index (χ2v) is 9.80. The molecule has 0 aliphatic carbocycles. The highest BCUT2D eigenvalue weighted by Gasteiger charge is 2.36. The predicted molar refractivity (Wildman–Crippen MR) is 92.2 cm³/mol. The number of sulfonamides is 1. The van der Waals surface area contributed by atoms with Gasteiger partial charge in [-0.25, -0.2) is 8.42 Å². The van der Waals surface area contributed by atoms with Crippen LogP contribution in [-0.2, 0) is 14.8 Å². The van der Waals surface area contributed by atoms with Crippen LogP contribution in [0.25, 0.3) is 0 Å². The van der Waals surface area contributed by atoms with E-state index >= 15 is 0 Å². The normalized spacial score (nSPS) is 19.6. The summed E-state index contributed by atoms with van der Waals surface area (Å²) in [5, 5.41) is 0. The van der Waals surface area contributed by atoms with Crippen molar-refractivity contribution in [3.8, 4) is 0 Å². The molecule has 2 N–H and O–H groups in total. The van der Waals surface area contributed by atoms with Crippen LogP contribution in [0.15, 0.2) is 16.3 Å². The van der Waals surface area contributed by atoms with Crippen LogP contribution in [0.2, 0.25) is 4.34 Å². The van der Waals surface area contributed by atoms with Gasteiger partial charge in [-0.1, -0.05) is 24.9 Å². The molecule has 2 rings (SSSR count). The van der Waals surface area contributed by atoms with E-state index < -0.39 is 15.6 Å². The molecule has 1 aromatic rings. The first-order chi connectivity index (χ1) is 10.7. The maximum Gasteiger partial charge on any atom is 0.252 e. The summed E-state index contributed by atoms with van der Waals surface area (Å²) in [4.78, 5) is 14.1. The fraction of sp³-hybridized carbons (Fsp3) is 0.643. The van der Waals surface area contributed by atoms with Crippen LogP contribution in [0.4, 0.5) is 0 Å². The van der Waals surface area contributed by atoms with Gasteiger partial charge in [0.2, 0.25) is 5.91 Å². The molecule has 1 unspecified atom stereocenters. The molecule has 0 spiro atoms. The third-order valence-electron chi connectivity index (χ3n) is 3.93. The molecular weight excluding hydrogens is 358 g/mol. The van der Waals surface area contributed by atoms with Crippen molar-refractivity contribution in [3.63, 3.8) is 0 Å². The second-order valence-electron chi connectivity index (χ2n) is 5.92. The lowest BCUT2D eigenvalue weighted by molar-refractivity contribution is -0.137. The molecule has 0 radical (unpaired) electrons. The van der Waals surface area contributed by atoms with E-state index in [9.17, 15) is 13.2 Å². The highest BCUT2D eigenvalue weighted by molar-refractivity contribution is 7.91. The Morgan fingerprint density at radius 3 is 2.43 bits per heavy atom. The highest BCUT2D eigenvalue weighted by atomic mass is 35.5. The Balaban J connectivity index is 2.03. The molecule has 1 saturated heterocycles. The smallest absolute Gasteiger partial charge is 0.252 e. The molecule has 1 aliphatic heterocycles. The molecule has 6 nitrogen and oxygen atoms in total. The third-order valence-corrected chi connectivity index (χ3v) is 7.52. The number of rotatable bonds is 5. The summed E-state index contributed by atoms with van der Waals surface area (Å²) in [6, 6.07) is 3.08. The largest absolute Gasteiger partial charge is 0.338 e. The minimum absolute atomic E-state index is 0.115. The Kier molecular flexibility index (Phi) is 5.73. The number of amides is 1. The van der Waals surface area contributed by atoms with Crippen molar-refractivity contribution >= 4 is 38.9 Å². The summed E-state index contributed by atoms with van der Waals surface area (Å²) in [7, 11) is -3.54. The Hall–Kier alpha value is -0.670. The van der Waals surface area contributed by atoms with Crippen molar-refractivity contribution in [2.75, 3.05) is 26.2 Å². The van der Waals surface area contributed by atoms with Crippen molar-refractivity contribution in [1.82, 2.24) is 9.21 Å². The Bertz CT molecular complexity index is 665. The van der Waals surface area contributed by atoms with E-state index in [0.717, 1.165) is 17.8 Å². The van der Waals surface area contributed by atoms with E-state index in [-0.39, 0.29) is 23.2 Å². The number of piperazine rings is 1. The molecule has 2 heterocycles. The molecule has 23 heavy (non-hydrogen) atoms. The Morgan fingerprint density at radius 2 is 1.96 bits per heavy atom. The molecule has 1 amide bonds. The topological polar surface area (TPSA) is 83.7 Å². The lowest BCUT2D eigenvalue weighted by Crippen LogP contribution is -2.58. The van der Waals surface area contributed by atoms with E-state index in [1.165, 1.54) is 10.4 Å². The first kappa shape index (κ1) is 18.7. The third kappa shape index (κ3) is 4.06. The summed E-state index contributed by atoms with van der Waals surface area (Å²) in [6.45, 7) is 4.96. The fourth-order valence-corrected chi connectivity index (χ4v) is 5.74. The van der Waals surface area contributed by atoms with Crippen molar-refractivity contribution in [3.05, 3.63) is 16.5 Å². The first-order valence-corrected chi connectivity index (χ1v) is 10.2. The Labute approximate surface area is 146 Å². The number of carbonyl (C=O) groups excluding carboxylic acids is 1. The monoisotopic (exact) mass is 379 g/mol. The minimum atomic E-state index is -3.54. The molecule has 1 aliphatic rings. The molecule has 1 aromatic heterocycles. The Morgan fingerprint density at radius 1 is 1.35 bits per heavy atom.